The van der Waals surface area contributed by atoms with Crippen LogP contribution in [0.1, 0.15) is 110 Å². The van der Waals surface area contributed by atoms with E-state index < -0.39 is 0 Å². The van der Waals surface area contributed by atoms with E-state index in [9.17, 15) is 4.79 Å². The highest BCUT2D eigenvalue weighted by molar-refractivity contribution is 5.75. The highest BCUT2D eigenvalue weighted by Gasteiger charge is 2.00. The van der Waals surface area contributed by atoms with Crippen molar-refractivity contribution in [2.45, 2.75) is 110 Å². The summed E-state index contributed by atoms with van der Waals surface area (Å²) in [5, 5.41) is 3.04. The lowest BCUT2D eigenvalue weighted by atomic mass is 10.1. The Morgan fingerprint density at radius 1 is 0.741 bits per heavy atom. The quantitative estimate of drug-likeness (QED) is 0.193. The van der Waals surface area contributed by atoms with Crippen LogP contribution in [0.15, 0.2) is 12.2 Å². The summed E-state index contributed by atoms with van der Waals surface area (Å²) < 4.78 is 0. The predicted molar refractivity (Wildman–Crippen MR) is 120 cm³/mol. The lowest BCUT2D eigenvalue weighted by molar-refractivity contribution is -0.121. The topological polar surface area (TPSA) is 32.3 Å². The summed E-state index contributed by atoms with van der Waals surface area (Å²) in [7, 11) is 4.18. The maximum absolute atomic E-state index is 11.7. The van der Waals surface area contributed by atoms with Crippen molar-refractivity contribution in [1.82, 2.24) is 10.2 Å². The number of amides is 1. The Hall–Kier alpha value is -0.830. The average Bonchev–Trinajstić information content (AvgIpc) is 2.64. The number of allylic oxidation sites excluding steroid dienone is 2. The lowest BCUT2D eigenvalue weighted by Gasteiger charge is -2.09. The third-order valence-corrected chi connectivity index (χ3v) is 5.02. The second kappa shape index (κ2) is 21.5. The third-order valence-electron chi connectivity index (χ3n) is 5.02. The van der Waals surface area contributed by atoms with Crippen molar-refractivity contribution in [2.24, 2.45) is 0 Å². The second-order valence-electron chi connectivity index (χ2n) is 8.19. The summed E-state index contributed by atoms with van der Waals surface area (Å²) in [4.78, 5) is 13.9. The van der Waals surface area contributed by atoms with Gasteiger partial charge in [-0.05, 0) is 65.6 Å². The van der Waals surface area contributed by atoms with E-state index in [2.05, 4.69) is 43.4 Å². The van der Waals surface area contributed by atoms with E-state index in [1.807, 2.05) is 0 Å². The zero-order valence-corrected chi connectivity index (χ0v) is 18.7. The molecule has 0 rings (SSSR count). The van der Waals surface area contributed by atoms with E-state index in [0.717, 1.165) is 32.4 Å². The molecule has 1 amide bonds. The summed E-state index contributed by atoms with van der Waals surface area (Å²) >= 11 is 0. The number of carbonyl (C=O) groups is 1. The average molecular weight is 381 g/mol. The van der Waals surface area contributed by atoms with Gasteiger partial charge in [-0.25, -0.2) is 0 Å². The van der Waals surface area contributed by atoms with Gasteiger partial charge in [-0.1, -0.05) is 70.4 Å². The van der Waals surface area contributed by atoms with Gasteiger partial charge in [0.15, 0.2) is 0 Å². The third kappa shape index (κ3) is 23.1. The molecule has 0 aromatic heterocycles. The maximum atomic E-state index is 11.7. The van der Waals surface area contributed by atoms with Gasteiger partial charge in [0, 0.05) is 13.0 Å². The van der Waals surface area contributed by atoms with Gasteiger partial charge in [0.1, 0.15) is 0 Å². The smallest absolute Gasteiger partial charge is 0.219 e. The molecular formula is C24H48N2O. The Labute approximate surface area is 170 Å². The minimum atomic E-state index is 0.234. The number of unbranched alkanes of at least 4 members (excludes halogenated alkanes) is 12. The standard InChI is InChI=1S/C24H48N2O/c1-4-5-6-7-8-9-10-11-12-13-14-15-16-17-18-21-24(27)25-22-19-20-23-26(2)3/h11-12H,4-10,13-23H2,1-3H3,(H,25,27)/b12-11-. The van der Waals surface area contributed by atoms with Gasteiger partial charge in [-0.2, -0.15) is 0 Å². The van der Waals surface area contributed by atoms with Crippen molar-refractivity contribution >= 4 is 5.91 Å². The van der Waals surface area contributed by atoms with Crippen LogP contribution in [0.4, 0.5) is 0 Å². The summed E-state index contributed by atoms with van der Waals surface area (Å²) in [6.45, 7) is 4.21. The van der Waals surface area contributed by atoms with E-state index in [-0.39, 0.29) is 5.91 Å². The van der Waals surface area contributed by atoms with Crippen LogP contribution in [0.3, 0.4) is 0 Å². The SMILES string of the molecule is CCCCCCCC/C=C\CCCCCCCC(=O)NCCCCN(C)C. The molecule has 0 saturated carbocycles. The van der Waals surface area contributed by atoms with E-state index >= 15 is 0 Å². The van der Waals surface area contributed by atoms with Crippen molar-refractivity contribution in [2.75, 3.05) is 27.2 Å². The van der Waals surface area contributed by atoms with Crippen molar-refractivity contribution < 1.29 is 4.79 Å². The second-order valence-corrected chi connectivity index (χ2v) is 8.19. The van der Waals surface area contributed by atoms with Crippen LogP contribution in [0, 0.1) is 0 Å². The molecule has 0 atom stereocenters. The van der Waals surface area contributed by atoms with Crippen LogP contribution in [0.2, 0.25) is 0 Å². The predicted octanol–water partition coefficient (Wildman–Crippen LogP) is 6.48. The molecule has 0 aliphatic carbocycles. The van der Waals surface area contributed by atoms with Gasteiger partial charge in [0.2, 0.25) is 5.91 Å². The molecule has 0 saturated heterocycles. The Balaban J connectivity index is 3.21. The Morgan fingerprint density at radius 3 is 1.89 bits per heavy atom. The number of nitrogens with one attached hydrogen (secondary N) is 1. The molecule has 3 nitrogen and oxygen atoms in total. The van der Waals surface area contributed by atoms with Crippen LogP contribution >= 0.6 is 0 Å². The van der Waals surface area contributed by atoms with E-state index in [1.165, 1.54) is 77.0 Å². The van der Waals surface area contributed by atoms with Crippen molar-refractivity contribution in [3.63, 3.8) is 0 Å². The fourth-order valence-corrected chi connectivity index (χ4v) is 3.23. The Morgan fingerprint density at radius 2 is 1.30 bits per heavy atom. The van der Waals surface area contributed by atoms with Crippen molar-refractivity contribution in [3.05, 3.63) is 12.2 Å². The molecular weight excluding hydrogens is 332 g/mol. The van der Waals surface area contributed by atoms with E-state index in [1.54, 1.807) is 0 Å². The fourth-order valence-electron chi connectivity index (χ4n) is 3.23. The first-order valence-electron chi connectivity index (χ1n) is 11.7. The van der Waals surface area contributed by atoms with Crippen LogP contribution < -0.4 is 5.32 Å². The number of hydrogen-bond donors (Lipinski definition) is 1. The monoisotopic (exact) mass is 380 g/mol. The highest BCUT2D eigenvalue weighted by Crippen LogP contribution is 2.10. The zero-order chi connectivity index (χ0) is 20.0. The first kappa shape index (κ1) is 26.2. The number of rotatable bonds is 20. The molecule has 27 heavy (non-hydrogen) atoms. The number of nitrogens with zero attached hydrogens (tertiary/aromatic N) is 1. The largest absolute Gasteiger partial charge is 0.356 e. The molecule has 0 aromatic rings. The molecule has 0 aliphatic heterocycles. The van der Waals surface area contributed by atoms with Gasteiger partial charge < -0.3 is 10.2 Å². The van der Waals surface area contributed by atoms with Crippen molar-refractivity contribution in [1.29, 1.82) is 0 Å². The summed E-state index contributed by atoms with van der Waals surface area (Å²) in [5.74, 6) is 0.234. The molecule has 160 valence electrons. The number of hydrogen-bond acceptors (Lipinski definition) is 2. The van der Waals surface area contributed by atoms with Crippen molar-refractivity contribution in [3.8, 4) is 0 Å². The van der Waals surface area contributed by atoms with E-state index in [4.69, 9.17) is 0 Å². The number of carbonyl (C=O) groups excluding carboxylic acids is 1. The molecule has 0 unspecified atom stereocenters. The van der Waals surface area contributed by atoms with E-state index in [0.29, 0.717) is 6.42 Å². The molecule has 0 heterocycles. The fraction of sp³-hybridized carbons (Fsp3) is 0.875. The van der Waals surface area contributed by atoms with Crippen LogP contribution in [0.5, 0.6) is 0 Å². The normalized spacial score (nSPS) is 11.6. The lowest BCUT2D eigenvalue weighted by Crippen LogP contribution is -2.24. The highest BCUT2D eigenvalue weighted by atomic mass is 16.1. The summed E-state index contributed by atoms with van der Waals surface area (Å²) in [6, 6.07) is 0. The molecule has 0 spiro atoms. The molecule has 0 radical (unpaired) electrons. The zero-order valence-electron chi connectivity index (χ0n) is 18.7. The van der Waals surface area contributed by atoms with Gasteiger partial charge in [0.25, 0.3) is 0 Å². The first-order chi connectivity index (χ1) is 13.2. The molecule has 0 bridgehead atoms. The Bertz CT molecular complexity index is 339. The van der Waals surface area contributed by atoms with Crippen LogP contribution in [-0.4, -0.2) is 38.0 Å². The maximum Gasteiger partial charge on any atom is 0.219 e. The molecule has 3 heteroatoms. The van der Waals surface area contributed by atoms with Crippen LogP contribution in [-0.2, 0) is 4.79 Å². The van der Waals surface area contributed by atoms with Gasteiger partial charge in [-0.15, -0.1) is 0 Å². The molecule has 0 fully saturated rings. The first-order valence-corrected chi connectivity index (χ1v) is 11.7. The summed E-state index contributed by atoms with van der Waals surface area (Å²) in [5.41, 5.74) is 0. The van der Waals surface area contributed by atoms with Gasteiger partial charge in [-0.3, -0.25) is 4.79 Å². The Kier molecular flexibility index (Phi) is 20.8. The minimum absolute atomic E-state index is 0.234. The summed E-state index contributed by atoms with van der Waals surface area (Å²) in [6.07, 6.45) is 24.6. The van der Waals surface area contributed by atoms with Crippen LogP contribution in [0.25, 0.3) is 0 Å². The molecule has 0 aromatic carbocycles. The van der Waals surface area contributed by atoms with Gasteiger partial charge in [0.05, 0.1) is 0 Å². The van der Waals surface area contributed by atoms with Gasteiger partial charge >= 0.3 is 0 Å². The molecule has 0 aliphatic rings. The molecule has 1 N–H and O–H groups in total. The minimum Gasteiger partial charge on any atom is -0.356 e.